The van der Waals surface area contributed by atoms with Crippen LogP contribution < -0.4 is 10.1 Å². The molecule has 0 bridgehead atoms. The second kappa shape index (κ2) is 7.49. The third-order valence-electron chi connectivity index (χ3n) is 3.63. The fraction of sp³-hybridized carbons (Fsp3) is 0.100. The number of anilines is 1. The topological polar surface area (TPSA) is 51.2 Å². The lowest BCUT2D eigenvalue weighted by molar-refractivity contribution is 0.102. The van der Waals surface area contributed by atoms with E-state index in [4.69, 9.17) is 4.74 Å². The maximum absolute atomic E-state index is 12.5. The standard InChI is InChI=1S/C20H17BrN2O2/c1-13-10-11-17(14(2)22-13)20(24)23-15-6-5-7-16(12-15)25-19-9-4-3-8-18(19)21/h3-12H,1-2H3,(H,23,24). The van der Waals surface area contributed by atoms with E-state index in [0.29, 0.717) is 28.4 Å². The van der Waals surface area contributed by atoms with Crippen LogP contribution in [-0.2, 0) is 0 Å². The molecule has 0 aliphatic carbocycles. The molecule has 0 atom stereocenters. The Morgan fingerprint density at radius 3 is 2.60 bits per heavy atom. The Balaban J connectivity index is 1.77. The zero-order chi connectivity index (χ0) is 17.8. The number of rotatable bonds is 4. The van der Waals surface area contributed by atoms with Crippen LogP contribution >= 0.6 is 15.9 Å². The van der Waals surface area contributed by atoms with Gasteiger partial charge in [-0.05, 0) is 66.2 Å². The lowest BCUT2D eigenvalue weighted by Crippen LogP contribution is -2.14. The highest BCUT2D eigenvalue weighted by Crippen LogP contribution is 2.30. The Kier molecular flexibility index (Phi) is 5.14. The van der Waals surface area contributed by atoms with Gasteiger partial charge in [0, 0.05) is 17.4 Å². The Hall–Kier alpha value is -2.66. The number of aromatic nitrogens is 1. The molecule has 0 unspecified atom stereocenters. The van der Waals surface area contributed by atoms with Crippen molar-refractivity contribution in [2.24, 2.45) is 0 Å². The Labute approximate surface area is 155 Å². The summed E-state index contributed by atoms with van der Waals surface area (Å²) in [5, 5.41) is 2.89. The minimum atomic E-state index is -0.192. The summed E-state index contributed by atoms with van der Waals surface area (Å²) >= 11 is 3.46. The van der Waals surface area contributed by atoms with Crippen molar-refractivity contribution in [2.45, 2.75) is 13.8 Å². The number of amides is 1. The van der Waals surface area contributed by atoms with Crippen molar-refractivity contribution < 1.29 is 9.53 Å². The van der Waals surface area contributed by atoms with Crippen molar-refractivity contribution in [2.75, 3.05) is 5.32 Å². The van der Waals surface area contributed by atoms with E-state index in [-0.39, 0.29) is 5.91 Å². The number of nitrogens with one attached hydrogen (secondary N) is 1. The summed E-state index contributed by atoms with van der Waals surface area (Å²) in [6.07, 6.45) is 0. The highest BCUT2D eigenvalue weighted by molar-refractivity contribution is 9.10. The third kappa shape index (κ3) is 4.25. The predicted molar refractivity (Wildman–Crippen MR) is 102 cm³/mol. The highest BCUT2D eigenvalue weighted by Gasteiger charge is 2.11. The molecule has 3 rings (SSSR count). The summed E-state index contributed by atoms with van der Waals surface area (Å²) in [6, 6.07) is 18.5. The Morgan fingerprint density at radius 2 is 1.84 bits per heavy atom. The monoisotopic (exact) mass is 396 g/mol. The van der Waals surface area contributed by atoms with Gasteiger partial charge in [-0.25, -0.2) is 0 Å². The molecule has 0 spiro atoms. The van der Waals surface area contributed by atoms with Gasteiger partial charge in [0.25, 0.3) is 5.91 Å². The van der Waals surface area contributed by atoms with Crippen molar-refractivity contribution in [1.82, 2.24) is 4.98 Å². The summed E-state index contributed by atoms with van der Waals surface area (Å²) < 4.78 is 6.73. The quantitative estimate of drug-likeness (QED) is 0.632. The average Bonchev–Trinajstić information content (AvgIpc) is 2.57. The van der Waals surface area contributed by atoms with Crippen molar-refractivity contribution in [3.8, 4) is 11.5 Å². The number of carbonyl (C=O) groups is 1. The number of para-hydroxylation sites is 1. The molecule has 5 heteroatoms. The van der Waals surface area contributed by atoms with Crippen LogP contribution in [0.5, 0.6) is 11.5 Å². The molecule has 1 aromatic heterocycles. The number of carbonyl (C=O) groups excluding carboxylic acids is 1. The van der Waals surface area contributed by atoms with E-state index in [1.165, 1.54) is 0 Å². The Morgan fingerprint density at radius 1 is 1.04 bits per heavy atom. The van der Waals surface area contributed by atoms with Crippen LogP contribution in [0.4, 0.5) is 5.69 Å². The first-order chi connectivity index (χ1) is 12.0. The van der Waals surface area contributed by atoms with Gasteiger partial charge in [0.15, 0.2) is 0 Å². The largest absolute Gasteiger partial charge is 0.456 e. The average molecular weight is 397 g/mol. The van der Waals surface area contributed by atoms with Crippen LogP contribution in [0.25, 0.3) is 0 Å². The first-order valence-electron chi connectivity index (χ1n) is 7.81. The predicted octanol–water partition coefficient (Wildman–Crippen LogP) is 5.51. The molecule has 0 aliphatic heterocycles. The molecule has 1 heterocycles. The van der Waals surface area contributed by atoms with Gasteiger partial charge in [-0.3, -0.25) is 9.78 Å². The molecular weight excluding hydrogens is 380 g/mol. The second-order valence-corrected chi connectivity index (χ2v) is 6.45. The molecule has 0 saturated carbocycles. The minimum absolute atomic E-state index is 0.192. The highest BCUT2D eigenvalue weighted by atomic mass is 79.9. The van der Waals surface area contributed by atoms with E-state index in [1.807, 2.05) is 62.4 Å². The zero-order valence-electron chi connectivity index (χ0n) is 13.9. The lowest BCUT2D eigenvalue weighted by atomic mass is 10.1. The number of aryl methyl sites for hydroxylation is 2. The fourth-order valence-electron chi connectivity index (χ4n) is 2.42. The molecule has 3 aromatic rings. The normalized spacial score (nSPS) is 10.4. The van der Waals surface area contributed by atoms with Crippen molar-refractivity contribution in [1.29, 1.82) is 0 Å². The fourth-order valence-corrected chi connectivity index (χ4v) is 2.78. The first kappa shape index (κ1) is 17.2. The van der Waals surface area contributed by atoms with E-state index in [0.717, 1.165) is 10.2 Å². The molecule has 126 valence electrons. The number of nitrogens with zero attached hydrogens (tertiary/aromatic N) is 1. The van der Waals surface area contributed by atoms with Crippen LogP contribution in [0.1, 0.15) is 21.7 Å². The summed E-state index contributed by atoms with van der Waals surface area (Å²) in [4.78, 5) is 16.8. The molecule has 1 N–H and O–H groups in total. The molecule has 1 amide bonds. The molecule has 25 heavy (non-hydrogen) atoms. The maximum atomic E-state index is 12.5. The lowest BCUT2D eigenvalue weighted by Gasteiger charge is -2.11. The van der Waals surface area contributed by atoms with Crippen LogP contribution in [-0.4, -0.2) is 10.9 Å². The number of benzene rings is 2. The van der Waals surface area contributed by atoms with Crippen molar-refractivity contribution in [3.05, 3.63) is 82.1 Å². The molecular formula is C20H17BrN2O2. The van der Waals surface area contributed by atoms with Gasteiger partial charge in [-0.15, -0.1) is 0 Å². The summed E-state index contributed by atoms with van der Waals surface area (Å²) in [6.45, 7) is 3.73. The number of halogens is 1. The van der Waals surface area contributed by atoms with E-state index in [9.17, 15) is 4.79 Å². The van der Waals surface area contributed by atoms with Gasteiger partial charge in [0.05, 0.1) is 15.7 Å². The van der Waals surface area contributed by atoms with Crippen LogP contribution in [0, 0.1) is 13.8 Å². The smallest absolute Gasteiger partial charge is 0.257 e. The van der Waals surface area contributed by atoms with Gasteiger partial charge >= 0.3 is 0 Å². The Bertz CT molecular complexity index is 925. The molecule has 2 aromatic carbocycles. The number of ether oxygens (including phenoxy) is 1. The summed E-state index contributed by atoms with van der Waals surface area (Å²) in [7, 11) is 0. The second-order valence-electron chi connectivity index (χ2n) is 5.60. The summed E-state index contributed by atoms with van der Waals surface area (Å²) in [5.41, 5.74) is 2.81. The van der Waals surface area contributed by atoms with E-state index < -0.39 is 0 Å². The molecule has 0 radical (unpaired) electrons. The first-order valence-corrected chi connectivity index (χ1v) is 8.60. The molecule has 0 aliphatic rings. The third-order valence-corrected chi connectivity index (χ3v) is 4.28. The van der Waals surface area contributed by atoms with Crippen molar-refractivity contribution in [3.63, 3.8) is 0 Å². The van der Waals surface area contributed by atoms with E-state index in [2.05, 4.69) is 26.2 Å². The number of hydrogen-bond acceptors (Lipinski definition) is 3. The molecule has 0 fully saturated rings. The summed E-state index contributed by atoms with van der Waals surface area (Å²) in [5.74, 6) is 1.16. The van der Waals surface area contributed by atoms with Crippen LogP contribution in [0.2, 0.25) is 0 Å². The van der Waals surface area contributed by atoms with Gasteiger partial charge in [-0.2, -0.15) is 0 Å². The SMILES string of the molecule is Cc1ccc(C(=O)Nc2cccc(Oc3ccccc3Br)c2)c(C)n1. The number of hydrogen-bond donors (Lipinski definition) is 1. The van der Waals surface area contributed by atoms with E-state index in [1.54, 1.807) is 12.1 Å². The van der Waals surface area contributed by atoms with Gasteiger partial charge in [-0.1, -0.05) is 18.2 Å². The molecule has 0 saturated heterocycles. The van der Waals surface area contributed by atoms with Crippen molar-refractivity contribution >= 4 is 27.5 Å². The van der Waals surface area contributed by atoms with Gasteiger partial charge < -0.3 is 10.1 Å². The molecule has 4 nitrogen and oxygen atoms in total. The van der Waals surface area contributed by atoms with E-state index >= 15 is 0 Å². The van der Waals surface area contributed by atoms with Crippen LogP contribution in [0.3, 0.4) is 0 Å². The minimum Gasteiger partial charge on any atom is -0.456 e. The van der Waals surface area contributed by atoms with Crippen LogP contribution in [0.15, 0.2) is 65.1 Å². The zero-order valence-corrected chi connectivity index (χ0v) is 15.5. The maximum Gasteiger partial charge on any atom is 0.257 e. The van der Waals surface area contributed by atoms with Gasteiger partial charge in [0.1, 0.15) is 11.5 Å². The van der Waals surface area contributed by atoms with Gasteiger partial charge in [0.2, 0.25) is 0 Å². The number of pyridine rings is 1.